The van der Waals surface area contributed by atoms with Crippen LogP contribution in [0.15, 0.2) is 76.4 Å². The molecule has 58 heavy (non-hydrogen) atoms. The van der Waals surface area contributed by atoms with E-state index in [0.29, 0.717) is 53.8 Å². The number of nitrogens with one attached hydrogen (secondary N) is 1. The fourth-order valence-electron chi connectivity index (χ4n) is 12.9. The van der Waals surface area contributed by atoms with Gasteiger partial charge in [0.25, 0.3) is 11.8 Å². The number of aliphatic hydroxyl groups excluding tert-OH is 1. The Morgan fingerprint density at radius 3 is 2.53 bits per heavy atom. The fourth-order valence-corrected chi connectivity index (χ4v) is 15.0. The van der Waals surface area contributed by atoms with Gasteiger partial charge in [-0.3, -0.25) is 14.5 Å². The molecule has 7 bridgehead atoms. The molecular weight excluding hydrogens is 771 g/mol. The molecule has 10 nitrogen and oxygen atoms in total. The summed E-state index contributed by atoms with van der Waals surface area (Å²) >= 11 is 0. The van der Waals surface area contributed by atoms with E-state index >= 15 is 0 Å². The van der Waals surface area contributed by atoms with E-state index in [4.69, 9.17) is 9.47 Å². The summed E-state index contributed by atoms with van der Waals surface area (Å²) in [7, 11) is 3.03. The van der Waals surface area contributed by atoms with Crippen molar-refractivity contribution >= 4 is 51.2 Å². The average Bonchev–Trinajstić information content (AvgIpc) is 4.00. The number of carbonyl (C=O) groups is 4. The lowest BCUT2D eigenvalue weighted by atomic mass is 9.43. The molecule has 11 rings (SSSR count). The third kappa shape index (κ3) is 6.20. The Hall–Kier alpha value is -3.61. The number of aromatic nitrogens is 1. The molecule has 4 aliphatic heterocycles. The number of cyclic esters (lactones) is 1. The van der Waals surface area contributed by atoms with Crippen molar-refractivity contribution < 1.29 is 33.8 Å². The van der Waals surface area contributed by atoms with Gasteiger partial charge in [0.15, 0.2) is 0 Å². The van der Waals surface area contributed by atoms with E-state index in [2.05, 4.69) is 29.4 Å². The predicted octanol–water partition coefficient (Wildman–Crippen LogP) is 8.64. The molecule has 7 atom stereocenters. The van der Waals surface area contributed by atoms with Crippen molar-refractivity contribution in [3.8, 4) is 0 Å². The summed E-state index contributed by atoms with van der Waals surface area (Å²) in [5, 5.41) is 15.3. The van der Waals surface area contributed by atoms with Crippen LogP contribution in [0.3, 0.4) is 0 Å². The third-order valence-electron chi connectivity index (χ3n) is 15.6. The first-order valence-electron chi connectivity index (χ1n) is 21.8. The second-order valence-electron chi connectivity index (χ2n) is 18.2. The van der Waals surface area contributed by atoms with Gasteiger partial charge in [-0.25, -0.2) is 14.6 Å². The molecule has 1 saturated heterocycles. The molecule has 306 valence electrons. The van der Waals surface area contributed by atoms with Crippen LogP contribution in [0.5, 0.6) is 0 Å². The maximum atomic E-state index is 14.9. The van der Waals surface area contributed by atoms with Crippen molar-refractivity contribution in [1.29, 1.82) is 0 Å². The number of hydrogen-bond donors (Lipinski definition) is 2. The summed E-state index contributed by atoms with van der Waals surface area (Å²) in [5.41, 5.74) is 2.53. The topological polar surface area (TPSA) is 135 Å². The molecular formula is C46H53N3O7S2. The number of anilines is 1. The minimum atomic E-state index is -0.929. The van der Waals surface area contributed by atoms with E-state index in [1.54, 1.807) is 17.0 Å². The van der Waals surface area contributed by atoms with Crippen LogP contribution < -0.4 is 5.32 Å². The Kier molecular flexibility index (Phi) is 10.1. The summed E-state index contributed by atoms with van der Waals surface area (Å²) in [6.45, 7) is 2.31. The van der Waals surface area contributed by atoms with E-state index < -0.39 is 22.7 Å². The molecule has 6 aliphatic carbocycles. The van der Waals surface area contributed by atoms with Crippen molar-refractivity contribution in [2.75, 3.05) is 17.7 Å². The number of pyridine rings is 1. The Morgan fingerprint density at radius 2 is 1.76 bits per heavy atom. The summed E-state index contributed by atoms with van der Waals surface area (Å²) < 4.78 is 12.9. The van der Waals surface area contributed by atoms with Gasteiger partial charge in [0.2, 0.25) is 0 Å². The highest BCUT2D eigenvalue weighted by atomic mass is 33.1. The van der Waals surface area contributed by atoms with Crippen molar-refractivity contribution in [3.63, 3.8) is 0 Å². The quantitative estimate of drug-likeness (QED) is 0.168. The molecule has 5 heterocycles. The Morgan fingerprint density at radius 1 is 0.966 bits per heavy atom. The maximum absolute atomic E-state index is 14.9. The monoisotopic (exact) mass is 823 g/mol. The first kappa shape index (κ1) is 38.6. The highest BCUT2D eigenvalue weighted by Crippen LogP contribution is 2.72. The van der Waals surface area contributed by atoms with Crippen LogP contribution in [0.2, 0.25) is 0 Å². The number of nitrogens with zero attached hydrogens (tertiary/aromatic N) is 2. The first-order chi connectivity index (χ1) is 28.2. The number of carbonyl (C=O) groups excluding carboxylic acids is 4. The third-order valence-corrected chi connectivity index (χ3v) is 17.9. The molecule has 3 saturated carbocycles. The molecule has 0 radical (unpaired) electrons. The fraction of sp³-hybridized carbons (Fsp3) is 0.587. The first-order valence-corrected chi connectivity index (χ1v) is 24.1. The number of aliphatic hydroxyl groups is 1. The van der Waals surface area contributed by atoms with Crippen LogP contribution in [0, 0.1) is 40.4 Å². The standard InChI is InChI=1S/C46H53N3O7S2/c1-2-45(18-6-7-19-45)23-33-31-11-10-30-29-16-20-46(40(30)39(31)42(52)55-33)34-13-12-28(26-8-4-3-5-9-26)44(54)58-57-25-48-35-22-27(17-21-47-35)32(38(29)41(46)43(53)56-34)24-49-36(50)14-15-37(49)51/h13-15,17,21-23,26,28-30,32,40,44,54H,2-12,16,18-20,24-25H2,1H3,(H,47,48)/t28-,29+,30-,32-,40-,44-,46+/m0/s1. The molecule has 12 heteroatoms. The van der Waals surface area contributed by atoms with Crippen LogP contribution in [0.4, 0.5) is 5.82 Å². The summed E-state index contributed by atoms with van der Waals surface area (Å²) in [5.74, 6) is 0.434. The summed E-state index contributed by atoms with van der Waals surface area (Å²) in [4.78, 5) is 61.8. The molecule has 1 aromatic rings. The lowest BCUT2D eigenvalue weighted by Crippen LogP contribution is -2.53. The second kappa shape index (κ2) is 15.1. The van der Waals surface area contributed by atoms with E-state index in [9.17, 15) is 24.3 Å². The number of rotatable bonds is 5. The highest BCUT2D eigenvalue weighted by molar-refractivity contribution is 8.76. The highest BCUT2D eigenvalue weighted by Gasteiger charge is 2.69. The zero-order valence-electron chi connectivity index (χ0n) is 33.2. The minimum absolute atomic E-state index is 0.0123. The molecule has 10 aliphatic rings. The average molecular weight is 824 g/mol. The van der Waals surface area contributed by atoms with E-state index in [1.807, 2.05) is 12.1 Å². The zero-order chi connectivity index (χ0) is 39.8. The van der Waals surface area contributed by atoms with Crippen LogP contribution >= 0.6 is 21.6 Å². The number of esters is 2. The van der Waals surface area contributed by atoms with Crippen molar-refractivity contribution in [2.45, 2.75) is 115 Å². The maximum Gasteiger partial charge on any atom is 0.340 e. The van der Waals surface area contributed by atoms with Crippen LogP contribution in [-0.4, -0.2) is 56.6 Å². The van der Waals surface area contributed by atoms with Gasteiger partial charge < -0.3 is 19.9 Å². The largest absolute Gasteiger partial charge is 0.427 e. The Labute approximate surface area is 348 Å². The van der Waals surface area contributed by atoms with Gasteiger partial charge in [0.05, 0.1) is 16.9 Å². The minimum Gasteiger partial charge on any atom is -0.427 e. The van der Waals surface area contributed by atoms with Crippen LogP contribution in [0.25, 0.3) is 0 Å². The molecule has 0 aromatic carbocycles. The van der Waals surface area contributed by atoms with Crippen molar-refractivity contribution in [3.05, 3.63) is 82.0 Å². The predicted molar refractivity (Wildman–Crippen MR) is 222 cm³/mol. The molecule has 2 N–H and O–H groups in total. The van der Waals surface area contributed by atoms with Crippen molar-refractivity contribution in [1.82, 2.24) is 9.88 Å². The summed E-state index contributed by atoms with van der Waals surface area (Å²) in [6.07, 6.45) is 23.4. The Bertz CT molecular complexity index is 2080. The molecule has 4 fully saturated rings. The summed E-state index contributed by atoms with van der Waals surface area (Å²) in [6, 6.07) is 3.90. The van der Waals surface area contributed by atoms with Crippen LogP contribution in [0.1, 0.15) is 115 Å². The molecule has 0 unspecified atom stereocenters. The van der Waals surface area contributed by atoms with E-state index in [1.165, 1.54) is 47.1 Å². The van der Waals surface area contributed by atoms with Gasteiger partial charge in [-0.1, -0.05) is 73.5 Å². The molecule has 1 aromatic heterocycles. The van der Waals surface area contributed by atoms with Crippen LogP contribution in [-0.2, 0) is 28.7 Å². The normalized spacial score (nSPS) is 35.3. The number of imide groups is 1. The van der Waals surface area contributed by atoms with Gasteiger partial charge in [-0.05, 0) is 110 Å². The van der Waals surface area contributed by atoms with E-state index in [-0.39, 0.29) is 53.4 Å². The molecule has 1 spiro atoms. The lowest BCUT2D eigenvalue weighted by Gasteiger charge is -2.57. The number of ether oxygens (including phenoxy) is 2. The van der Waals surface area contributed by atoms with Gasteiger partial charge in [0.1, 0.15) is 22.8 Å². The number of fused-ring (bicyclic) bond motifs is 3. The van der Waals surface area contributed by atoms with Gasteiger partial charge in [-0.15, -0.1) is 0 Å². The Balaban J connectivity index is 1.18. The second-order valence-corrected chi connectivity index (χ2v) is 20.7. The van der Waals surface area contributed by atoms with Gasteiger partial charge >= 0.3 is 11.9 Å². The number of amides is 2. The van der Waals surface area contributed by atoms with Gasteiger partial charge in [0, 0.05) is 53.8 Å². The van der Waals surface area contributed by atoms with E-state index in [0.717, 1.165) is 80.3 Å². The lowest BCUT2D eigenvalue weighted by molar-refractivity contribution is -0.137. The smallest absolute Gasteiger partial charge is 0.340 e. The van der Waals surface area contributed by atoms with Crippen molar-refractivity contribution in [2.24, 2.45) is 40.4 Å². The number of hydrogen-bond acceptors (Lipinski definition) is 11. The van der Waals surface area contributed by atoms with Gasteiger partial charge in [-0.2, -0.15) is 0 Å². The molecule has 2 amide bonds. The number of allylic oxidation sites excluding steroid dienone is 4. The zero-order valence-corrected chi connectivity index (χ0v) is 34.8. The SMILES string of the molecule is CCC1(C=C2OC(=O)C3=C2CC[C@@H]2[C@@H]3[C@]34CC[C@H]2C2=C3C(=O)OC4=CC[C@@H](C3CCCCC3)[C@@H](O)SSCNc3cc(ccn3)[C@@H]2CN2C(=O)C=CC2=O)CCCC1.